The lowest BCUT2D eigenvalue weighted by molar-refractivity contribution is 0.00578. The van der Waals surface area contributed by atoms with Gasteiger partial charge in [-0.1, -0.05) is 24.3 Å². The lowest BCUT2D eigenvalue weighted by atomic mass is 9.78. The molecule has 1 aromatic heterocycles. The highest BCUT2D eigenvalue weighted by molar-refractivity contribution is 7.80. The van der Waals surface area contributed by atoms with Crippen molar-refractivity contribution >= 4 is 36.6 Å². The molecule has 1 saturated heterocycles. The van der Waals surface area contributed by atoms with Crippen LogP contribution in [0.1, 0.15) is 33.4 Å². The summed E-state index contributed by atoms with van der Waals surface area (Å²) in [6.07, 6.45) is 3.87. The molecular formula is C18H22BNO2S. The molecule has 1 aromatic carbocycles. The van der Waals surface area contributed by atoms with Crippen LogP contribution in [0.5, 0.6) is 0 Å². The summed E-state index contributed by atoms with van der Waals surface area (Å²) >= 11 is 4.47. The largest absolute Gasteiger partial charge is 0.491 e. The van der Waals surface area contributed by atoms with Gasteiger partial charge in [-0.05, 0) is 50.7 Å². The zero-order valence-electron chi connectivity index (χ0n) is 14.0. The highest BCUT2D eigenvalue weighted by Crippen LogP contribution is 2.39. The minimum atomic E-state index is -0.390. The second-order valence-electron chi connectivity index (χ2n) is 6.88. The maximum absolute atomic E-state index is 6.13. The topological polar surface area (TPSA) is 31.4 Å². The summed E-state index contributed by atoms with van der Waals surface area (Å²) in [5.41, 5.74) is 1.19. The molecule has 3 nitrogen and oxygen atoms in total. The van der Waals surface area contributed by atoms with Gasteiger partial charge >= 0.3 is 7.12 Å². The number of rotatable bonds is 3. The Labute approximate surface area is 143 Å². The molecule has 3 rings (SSSR count). The molecule has 23 heavy (non-hydrogen) atoms. The second kappa shape index (κ2) is 5.97. The van der Waals surface area contributed by atoms with E-state index < -0.39 is 7.12 Å². The summed E-state index contributed by atoms with van der Waals surface area (Å²) in [6.45, 7) is 8.22. The van der Waals surface area contributed by atoms with Crippen LogP contribution >= 0.6 is 12.6 Å². The minimum absolute atomic E-state index is 0.355. The van der Waals surface area contributed by atoms with E-state index in [-0.39, 0.29) is 11.2 Å². The summed E-state index contributed by atoms with van der Waals surface area (Å²) in [4.78, 5) is 4.52. The van der Waals surface area contributed by atoms with Gasteiger partial charge in [0.25, 0.3) is 0 Å². The van der Waals surface area contributed by atoms with E-state index in [0.29, 0.717) is 5.75 Å². The van der Waals surface area contributed by atoms with Crippen LogP contribution in [0.3, 0.4) is 0 Å². The van der Waals surface area contributed by atoms with E-state index in [2.05, 4.69) is 57.4 Å². The van der Waals surface area contributed by atoms with E-state index >= 15 is 0 Å². The Hall–Kier alpha value is -1.30. The van der Waals surface area contributed by atoms with Gasteiger partial charge in [0.2, 0.25) is 0 Å². The van der Waals surface area contributed by atoms with Crippen LogP contribution in [-0.4, -0.2) is 29.1 Å². The molecule has 0 bridgehead atoms. The maximum atomic E-state index is 6.13. The molecule has 0 amide bonds. The van der Waals surface area contributed by atoms with E-state index in [0.717, 1.165) is 16.6 Å². The molecule has 2 heterocycles. The van der Waals surface area contributed by atoms with Crippen molar-refractivity contribution in [2.45, 2.75) is 38.9 Å². The predicted molar refractivity (Wildman–Crippen MR) is 99.7 cm³/mol. The fraction of sp³-hybridized carbons (Fsp3) is 0.389. The summed E-state index contributed by atoms with van der Waals surface area (Å²) in [5.74, 6) is 0.557. The number of fused-ring (bicyclic) bond motifs is 1. The van der Waals surface area contributed by atoms with Gasteiger partial charge in [-0.3, -0.25) is 4.98 Å². The molecule has 0 unspecified atom stereocenters. The molecule has 1 aliphatic rings. The van der Waals surface area contributed by atoms with Crippen molar-refractivity contribution in [2.75, 3.05) is 5.75 Å². The Morgan fingerprint density at radius 1 is 1.13 bits per heavy atom. The SMILES string of the molecule is CC1(C)OB(C(=Cc2nccc3ccccc23)CS)OC1(C)C. The molecule has 0 radical (unpaired) electrons. The molecule has 0 spiro atoms. The Morgan fingerprint density at radius 3 is 2.43 bits per heavy atom. The lowest BCUT2D eigenvalue weighted by Gasteiger charge is -2.32. The van der Waals surface area contributed by atoms with Crippen molar-refractivity contribution in [3.63, 3.8) is 0 Å². The molecule has 0 atom stereocenters. The Bertz CT molecular complexity index is 736. The summed E-state index contributed by atoms with van der Waals surface area (Å²) < 4.78 is 12.3. The van der Waals surface area contributed by atoms with Crippen LogP contribution in [0.2, 0.25) is 0 Å². The van der Waals surface area contributed by atoms with Crippen LogP contribution in [0, 0.1) is 0 Å². The van der Waals surface area contributed by atoms with E-state index in [1.165, 1.54) is 5.39 Å². The third-order valence-corrected chi connectivity index (χ3v) is 5.13. The molecule has 120 valence electrons. The number of pyridine rings is 1. The standard InChI is InChI=1S/C18H22BNO2S/c1-17(2)18(3,4)22-19(21-17)14(12-23)11-16-15-8-6-5-7-13(15)9-10-20-16/h5-11,23H,12H2,1-4H3. The monoisotopic (exact) mass is 327 g/mol. The van der Waals surface area contributed by atoms with Gasteiger partial charge in [0.1, 0.15) is 0 Å². The smallest absolute Gasteiger partial charge is 0.400 e. The highest BCUT2D eigenvalue weighted by Gasteiger charge is 2.52. The number of hydrogen-bond donors (Lipinski definition) is 1. The van der Waals surface area contributed by atoms with Gasteiger partial charge < -0.3 is 9.31 Å². The number of benzene rings is 1. The molecule has 5 heteroatoms. The van der Waals surface area contributed by atoms with Crippen LogP contribution in [0.15, 0.2) is 42.0 Å². The van der Waals surface area contributed by atoms with Crippen LogP contribution in [0.4, 0.5) is 0 Å². The van der Waals surface area contributed by atoms with Crippen molar-refractivity contribution in [1.29, 1.82) is 0 Å². The van der Waals surface area contributed by atoms with E-state index in [1.807, 2.05) is 30.5 Å². The van der Waals surface area contributed by atoms with Crippen LogP contribution < -0.4 is 0 Å². The molecule has 0 N–H and O–H groups in total. The molecule has 1 fully saturated rings. The Kier molecular flexibility index (Phi) is 4.30. The first-order chi connectivity index (χ1) is 10.8. The average molecular weight is 327 g/mol. The summed E-state index contributed by atoms with van der Waals surface area (Å²) in [5, 5.41) is 2.28. The molecule has 1 aliphatic heterocycles. The van der Waals surface area contributed by atoms with Crippen LogP contribution in [0.25, 0.3) is 16.8 Å². The lowest BCUT2D eigenvalue weighted by Crippen LogP contribution is -2.41. The number of nitrogens with zero attached hydrogens (tertiary/aromatic N) is 1. The first-order valence-corrected chi connectivity index (χ1v) is 8.48. The first-order valence-electron chi connectivity index (χ1n) is 7.85. The van der Waals surface area contributed by atoms with Crippen molar-refractivity contribution in [1.82, 2.24) is 4.98 Å². The molecule has 2 aromatic rings. The van der Waals surface area contributed by atoms with E-state index in [1.54, 1.807) is 0 Å². The predicted octanol–water partition coefficient (Wildman–Crippen LogP) is 4.18. The number of aromatic nitrogens is 1. The number of thiol groups is 1. The van der Waals surface area contributed by atoms with E-state index in [4.69, 9.17) is 9.31 Å². The van der Waals surface area contributed by atoms with Gasteiger partial charge in [0.05, 0.1) is 16.9 Å². The molecule has 0 aliphatic carbocycles. The minimum Gasteiger partial charge on any atom is -0.400 e. The Balaban J connectivity index is 1.99. The van der Waals surface area contributed by atoms with E-state index in [9.17, 15) is 0 Å². The normalized spacial score (nSPS) is 20.2. The van der Waals surface area contributed by atoms with Crippen LogP contribution in [-0.2, 0) is 9.31 Å². The highest BCUT2D eigenvalue weighted by atomic mass is 32.1. The van der Waals surface area contributed by atoms with Crippen molar-refractivity contribution in [2.24, 2.45) is 0 Å². The van der Waals surface area contributed by atoms with Gasteiger partial charge in [0.15, 0.2) is 0 Å². The maximum Gasteiger partial charge on any atom is 0.491 e. The Morgan fingerprint density at radius 2 is 1.78 bits per heavy atom. The van der Waals surface area contributed by atoms with Gasteiger partial charge in [0, 0.05) is 17.3 Å². The van der Waals surface area contributed by atoms with Crippen molar-refractivity contribution < 1.29 is 9.31 Å². The summed E-state index contributed by atoms with van der Waals surface area (Å²) in [7, 11) is -0.390. The first kappa shape index (κ1) is 16.6. The number of hydrogen-bond acceptors (Lipinski definition) is 4. The quantitative estimate of drug-likeness (QED) is 0.678. The molecular weight excluding hydrogens is 305 g/mol. The third-order valence-electron chi connectivity index (χ3n) is 4.77. The fourth-order valence-electron chi connectivity index (χ4n) is 2.62. The molecule has 0 saturated carbocycles. The van der Waals surface area contributed by atoms with Gasteiger partial charge in [-0.15, -0.1) is 0 Å². The zero-order valence-corrected chi connectivity index (χ0v) is 14.9. The third kappa shape index (κ3) is 3.05. The van der Waals surface area contributed by atoms with Gasteiger partial charge in [-0.25, -0.2) is 0 Å². The fourth-order valence-corrected chi connectivity index (χ4v) is 2.86. The van der Waals surface area contributed by atoms with Crippen molar-refractivity contribution in [3.05, 3.63) is 47.7 Å². The van der Waals surface area contributed by atoms with Gasteiger partial charge in [-0.2, -0.15) is 12.6 Å². The average Bonchev–Trinajstić information content (AvgIpc) is 2.73. The second-order valence-corrected chi connectivity index (χ2v) is 7.20. The van der Waals surface area contributed by atoms with Crippen molar-refractivity contribution in [3.8, 4) is 0 Å². The summed E-state index contributed by atoms with van der Waals surface area (Å²) in [6, 6.07) is 10.2. The zero-order chi connectivity index (χ0) is 16.7.